The number of carbonyl (C=O) groups excluding carboxylic acids is 1. The molecule has 36 heavy (non-hydrogen) atoms. The van der Waals surface area contributed by atoms with Gasteiger partial charge in [0.2, 0.25) is 0 Å². The van der Waals surface area contributed by atoms with Gasteiger partial charge < -0.3 is 19.3 Å². The summed E-state index contributed by atoms with van der Waals surface area (Å²) < 4.78 is 15.3. The van der Waals surface area contributed by atoms with Gasteiger partial charge in [-0.25, -0.2) is 9.37 Å². The summed E-state index contributed by atoms with van der Waals surface area (Å²) in [7, 11) is 0. The molecule has 2 aromatic heterocycles. The molecule has 2 aliphatic heterocycles. The van der Waals surface area contributed by atoms with Crippen LogP contribution in [0.2, 0.25) is 0 Å². The maximum atomic E-state index is 13.3. The molecule has 0 aliphatic carbocycles. The molecule has 2 aliphatic rings. The fourth-order valence-electron chi connectivity index (χ4n) is 4.92. The Bertz CT molecular complexity index is 1360. The number of fused-ring (bicyclic) bond motifs is 1. The van der Waals surface area contributed by atoms with Crippen LogP contribution in [0.1, 0.15) is 29.1 Å². The van der Waals surface area contributed by atoms with Crippen molar-refractivity contribution >= 4 is 28.1 Å². The maximum absolute atomic E-state index is 13.3. The number of anilines is 2. The number of rotatable bonds is 4. The van der Waals surface area contributed by atoms with E-state index in [1.165, 1.54) is 30.0 Å². The van der Waals surface area contributed by atoms with Crippen molar-refractivity contribution in [2.45, 2.75) is 19.5 Å². The molecule has 10 heteroatoms. The molecule has 184 valence electrons. The molecule has 0 bridgehead atoms. The van der Waals surface area contributed by atoms with Crippen molar-refractivity contribution in [3.63, 3.8) is 0 Å². The van der Waals surface area contributed by atoms with Crippen LogP contribution in [0.15, 0.2) is 60.0 Å². The van der Waals surface area contributed by atoms with Crippen molar-refractivity contribution in [2.75, 3.05) is 42.5 Å². The molecule has 2 aromatic carbocycles. The van der Waals surface area contributed by atoms with E-state index in [0.29, 0.717) is 18.7 Å². The molecule has 4 heterocycles. The highest BCUT2D eigenvalue weighted by molar-refractivity contribution is 7.14. The second-order valence-electron chi connectivity index (χ2n) is 9.04. The third-order valence-electron chi connectivity index (χ3n) is 6.93. The zero-order valence-corrected chi connectivity index (χ0v) is 20.7. The molecule has 1 fully saturated rings. The molecule has 0 N–H and O–H groups in total. The Morgan fingerprint density at radius 3 is 2.39 bits per heavy atom. The number of piperazine rings is 1. The molecule has 1 saturated heterocycles. The Hall–Kier alpha value is -3.79. The van der Waals surface area contributed by atoms with Crippen molar-refractivity contribution in [2.24, 2.45) is 0 Å². The molecule has 6 rings (SSSR count). The van der Waals surface area contributed by atoms with E-state index in [0.717, 1.165) is 48.7 Å². The first-order chi connectivity index (χ1) is 17.6. The van der Waals surface area contributed by atoms with E-state index in [-0.39, 0.29) is 17.8 Å². The largest absolute Gasteiger partial charge is 0.368 e. The first-order valence-corrected chi connectivity index (χ1v) is 13.0. The summed E-state index contributed by atoms with van der Waals surface area (Å²) in [6, 6.07) is 15.9. The van der Waals surface area contributed by atoms with E-state index < -0.39 is 0 Å². The lowest BCUT2D eigenvalue weighted by Crippen LogP contribution is -2.46. The number of hydrogen-bond acceptors (Lipinski definition) is 7. The highest BCUT2D eigenvalue weighted by Crippen LogP contribution is 2.32. The molecule has 1 atom stereocenters. The number of hydrogen-bond donors (Lipinski definition) is 0. The van der Waals surface area contributed by atoms with Crippen LogP contribution in [0.5, 0.6) is 0 Å². The first kappa shape index (κ1) is 22.7. The Balaban J connectivity index is 1.16. The van der Waals surface area contributed by atoms with Crippen molar-refractivity contribution in [3.8, 4) is 11.5 Å². The maximum Gasteiger partial charge on any atom is 0.254 e. The molecule has 0 spiro atoms. The minimum atomic E-state index is -0.358. The fraction of sp³-hybridized carbons (Fsp3) is 0.308. The Morgan fingerprint density at radius 2 is 1.64 bits per heavy atom. The third kappa shape index (κ3) is 4.11. The lowest BCUT2D eigenvalue weighted by atomic mass is 10.1. The van der Waals surface area contributed by atoms with Crippen LogP contribution < -0.4 is 9.80 Å². The molecular formula is C26H26FN7OS. The topological polar surface area (TPSA) is 70.4 Å². The van der Waals surface area contributed by atoms with Gasteiger partial charge >= 0.3 is 0 Å². The van der Waals surface area contributed by atoms with Crippen LogP contribution in [0.25, 0.3) is 11.5 Å². The summed E-state index contributed by atoms with van der Waals surface area (Å²) in [6.07, 6.45) is 0. The molecule has 4 aromatic rings. The highest BCUT2D eigenvalue weighted by atomic mass is 32.1. The summed E-state index contributed by atoms with van der Waals surface area (Å²) in [5.74, 6) is 0.973. The monoisotopic (exact) mass is 503 g/mol. The molecule has 1 unspecified atom stereocenters. The van der Waals surface area contributed by atoms with Crippen molar-refractivity contribution in [1.82, 2.24) is 24.6 Å². The van der Waals surface area contributed by atoms with Gasteiger partial charge in [-0.1, -0.05) is 18.2 Å². The zero-order chi connectivity index (χ0) is 24.6. The van der Waals surface area contributed by atoms with Gasteiger partial charge in [0, 0.05) is 55.9 Å². The number of para-hydroxylation sites is 1. The summed E-state index contributed by atoms with van der Waals surface area (Å²) in [6.45, 7) is 6.78. The normalized spacial score (nSPS) is 17.8. The van der Waals surface area contributed by atoms with E-state index in [2.05, 4.69) is 48.8 Å². The van der Waals surface area contributed by atoms with Crippen LogP contribution in [-0.4, -0.2) is 63.3 Å². The summed E-state index contributed by atoms with van der Waals surface area (Å²) in [5, 5.41) is 11.9. The van der Waals surface area contributed by atoms with Crippen LogP contribution in [0, 0.1) is 5.82 Å². The highest BCUT2D eigenvalue weighted by Gasteiger charge is 2.32. The molecular weight excluding hydrogens is 477 g/mol. The number of aromatic nitrogens is 4. The smallest absolute Gasteiger partial charge is 0.254 e. The molecule has 0 radical (unpaired) electrons. The molecule has 1 amide bonds. The van der Waals surface area contributed by atoms with Gasteiger partial charge in [0.15, 0.2) is 16.8 Å². The van der Waals surface area contributed by atoms with Gasteiger partial charge in [-0.05, 0) is 43.3 Å². The van der Waals surface area contributed by atoms with E-state index in [9.17, 15) is 9.18 Å². The van der Waals surface area contributed by atoms with Crippen molar-refractivity contribution in [1.29, 1.82) is 0 Å². The number of nitrogens with zero attached hydrogens (tertiary/aromatic N) is 7. The van der Waals surface area contributed by atoms with Gasteiger partial charge in [-0.3, -0.25) is 4.79 Å². The van der Waals surface area contributed by atoms with E-state index in [1.807, 2.05) is 18.4 Å². The van der Waals surface area contributed by atoms with Crippen molar-refractivity contribution < 1.29 is 9.18 Å². The van der Waals surface area contributed by atoms with Gasteiger partial charge in [-0.2, -0.15) is 0 Å². The van der Waals surface area contributed by atoms with Crippen LogP contribution in [-0.2, 0) is 6.54 Å². The van der Waals surface area contributed by atoms with Crippen LogP contribution >= 0.6 is 11.3 Å². The van der Waals surface area contributed by atoms with E-state index in [1.54, 1.807) is 16.2 Å². The third-order valence-corrected chi connectivity index (χ3v) is 7.83. The quantitative estimate of drug-likeness (QED) is 0.418. The first-order valence-electron chi connectivity index (χ1n) is 12.1. The number of benzene rings is 2. The lowest BCUT2D eigenvalue weighted by Gasteiger charge is -2.36. The Labute approximate surface area is 212 Å². The van der Waals surface area contributed by atoms with Crippen molar-refractivity contribution in [3.05, 3.63) is 77.2 Å². The predicted octanol–water partition coefficient (Wildman–Crippen LogP) is 4.08. The summed E-state index contributed by atoms with van der Waals surface area (Å²) in [5.41, 5.74) is 2.53. The molecule has 8 nitrogen and oxygen atoms in total. The molecule has 0 saturated carbocycles. The minimum absolute atomic E-state index is 0.135. The second kappa shape index (κ2) is 9.34. The Kier molecular flexibility index (Phi) is 5.88. The van der Waals surface area contributed by atoms with Crippen LogP contribution in [0.3, 0.4) is 0 Å². The Morgan fingerprint density at radius 1 is 0.917 bits per heavy atom. The number of amides is 1. The summed E-state index contributed by atoms with van der Waals surface area (Å²) in [4.78, 5) is 24.4. The van der Waals surface area contributed by atoms with Gasteiger partial charge in [0.1, 0.15) is 11.5 Å². The lowest BCUT2D eigenvalue weighted by molar-refractivity contribution is 0.0638. The van der Waals surface area contributed by atoms with E-state index >= 15 is 0 Å². The minimum Gasteiger partial charge on any atom is -0.368 e. The predicted molar refractivity (Wildman–Crippen MR) is 138 cm³/mol. The SMILES string of the molecule is CC1c2nnc(-c3csc(N4CCN(c5ccccc5)CC4)n3)n2CCN1C(=O)c1ccc(F)cc1. The second-order valence-corrected chi connectivity index (χ2v) is 9.88. The van der Waals surface area contributed by atoms with Gasteiger partial charge in [0.25, 0.3) is 5.91 Å². The van der Waals surface area contributed by atoms with E-state index in [4.69, 9.17) is 4.98 Å². The van der Waals surface area contributed by atoms with Crippen LogP contribution in [0.4, 0.5) is 15.2 Å². The zero-order valence-electron chi connectivity index (χ0n) is 19.9. The standard InChI is InChI=1S/C26H26FN7OS/c1-18-23-29-30-24(34(23)16-15-33(18)25(35)19-7-9-20(27)10-8-19)22-17-36-26(28-22)32-13-11-31(12-14-32)21-5-3-2-4-6-21/h2-10,17-18H,11-16H2,1H3. The van der Waals surface area contributed by atoms with Gasteiger partial charge in [-0.15, -0.1) is 21.5 Å². The average molecular weight is 504 g/mol. The summed E-state index contributed by atoms with van der Waals surface area (Å²) >= 11 is 1.63. The van der Waals surface area contributed by atoms with Gasteiger partial charge in [0.05, 0.1) is 6.04 Å². The number of carbonyl (C=O) groups is 1. The average Bonchev–Trinajstić information content (AvgIpc) is 3.58. The number of thiazole rings is 1. The number of halogens is 1. The fourth-order valence-corrected chi connectivity index (χ4v) is 5.78.